The summed E-state index contributed by atoms with van der Waals surface area (Å²) >= 11 is 0. The summed E-state index contributed by atoms with van der Waals surface area (Å²) in [5.41, 5.74) is -0.492. The van der Waals surface area contributed by atoms with Crippen molar-refractivity contribution >= 4 is 32.8 Å². The zero-order chi connectivity index (χ0) is 15.1. The standard InChI is InChI=1S/C12H8O7S.Na.H/c13-11(14)6-1-2-9-7(3-6)4-8(12(15)16)5-10(9)20(17,18)19;;/h1-5H,(H,13,14)(H,15,16)(H,17,18,19);;/q;+1;-1. The molecular weight excluding hydrogens is 311 g/mol. The number of hydrogen-bond acceptors (Lipinski definition) is 4. The molecule has 2 aromatic rings. The quantitative estimate of drug-likeness (QED) is 0.468. The van der Waals surface area contributed by atoms with Crippen LogP contribution in [-0.2, 0) is 10.1 Å². The van der Waals surface area contributed by atoms with Crippen LogP contribution in [0.3, 0.4) is 0 Å². The maximum Gasteiger partial charge on any atom is 1.00 e. The minimum Gasteiger partial charge on any atom is -1.00 e. The Kier molecular flexibility index (Phi) is 5.13. The Labute approximate surface area is 142 Å². The second-order valence-electron chi connectivity index (χ2n) is 4.00. The maximum atomic E-state index is 11.3. The minimum absolute atomic E-state index is 0. The van der Waals surface area contributed by atoms with Gasteiger partial charge in [0.05, 0.1) is 11.1 Å². The number of rotatable bonds is 3. The zero-order valence-electron chi connectivity index (χ0n) is 11.8. The topological polar surface area (TPSA) is 129 Å². The van der Waals surface area contributed by atoms with Crippen molar-refractivity contribution in [3.05, 3.63) is 41.5 Å². The molecule has 0 fully saturated rings. The first-order valence-electron chi connectivity index (χ1n) is 5.22. The van der Waals surface area contributed by atoms with Crippen LogP contribution in [0, 0.1) is 0 Å². The fourth-order valence-corrected chi connectivity index (χ4v) is 2.54. The summed E-state index contributed by atoms with van der Waals surface area (Å²) in [6.07, 6.45) is 0. The molecule has 9 heteroatoms. The molecule has 0 unspecified atom stereocenters. The fraction of sp³-hybridized carbons (Fsp3) is 0. The Morgan fingerprint density at radius 2 is 1.48 bits per heavy atom. The van der Waals surface area contributed by atoms with E-state index in [-0.39, 0.29) is 52.9 Å². The van der Waals surface area contributed by atoms with Crippen LogP contribution in [0.1, 0.15) is 22.1 Å². The summed E-state index contributed by atoms with van der Waals surface area (Å²) in [7, 11) is -4.63. The Morgan fingerprint density at radius 3 is 1.95 bits per heavy atom. The number of carbonyl (C=O) groups is 2. The van der Waals surface area contributed by atoms with E-state index in [1.54, 1.807) is 0 Å². The zero-order valence-corrected chi connectivity index (χ0v) is 13.6. The number of fused-ring (bicyclic) bond motifs is 1. The van der Waals surface area contributed by atoms with E-state index in [1.807, 2.05) is 0 Å². The van der Waals surface area contributed by atoms with E-state index in [9.17, 15) is 18.0 Å². The molecule has 106 valence electrons. The van der Waals surface area contributed by atoms with Gasteiger partial charge in [0.15, 0.2) is 0 Å². The minimum atomic E-state index is -4.63. The van der Waals surface area contributed by atoms with E-state index in [2.05, 4.69) is 0 Å². The molecule has 0 bridgehead atoms. The van der Waals surface area contributed by atoms with Crippen LogP contribution in [0.25, 0.3) is 10.8 Å². The van der Waals surface area contributed by atoms with Crippen molar-refractivity contribution in [2.75, 3.05) is 0 Å². The molecule has 0 aliphatic rings. The van der Waals surface area contributed by atoms with E-state index in [1.165, 1.54) is 12.1 Å². The average Bonchev–Trinajstić information content (AvgIpc) is 2.35. The van der Waals surface area contributed by atoms with Crippen molar-refractivity contribution in [1.29, 1.82) is 0 Å². The summed E-state index contributed by atoms with van der Waals surface area (Å²) in [5, 5.41) is 17.9. The molecule has 0 aliphatic heterocycles. The Bertz CT molecular complexity index is 843. The number of hydrogen-bond donors (Lipinski definition) is 3. The first-order valence-corrected chi connectivity index (χ1v) is 6.66. The van der Waals surface area contributed by atoms with Gasteiger partial charge in [0.25, 0.3) is 10.1 Å². The van der Waals surface area contributed by atoms with Gasteiger partial charge in [-0.1, -0.05) is 6.07 Å². The summed E-state index contributed by atoms with van der Waals surface area (Å²) in [6, 6.07) is 5.46. The number of benzene rings is 2. The molecule has 21 heavy (non-hydrogen) atoms. The normalized spacial score (nSPS) is 10.9. The van der Waals surface area contributed by atoms with Gasteiger partial charge >= 0.3 is 41.5 Å². The van der Waals surface area contributed by atoms with Crippen molar-refractivity contribution in [3.63, 3.8) is 0 Å². The maximum absolute atomic E-state index is 11.3. The summed E-state index contributed by atoms with van der Waals surface area (Å²) in [6.45, 7) is 0. The molecule has 0 saturated heterocycles. The molecule has 2 aromatic carbocycles. The van der Waals surface area contributed by atoms with Crippen molar-refractivity contribution in [3.8, 4) is 0 Å². The van der Waals surface area contributed by atoms with E-state index >= 15 is 0 Å². The molecule has 3 N–H and O–H groups in total. The molecule has 0 aromatic heterocycles. The Morgan fingerprint density at radius 1 is 0.952 bits per heavy atom. The van der Waals surface area contributed by atoms with Crippen molar-refractivity contribution < 1.29 is 63.8 Å². The summed E-state index contributed by atoms with van der Waals surface area (Å²) < 4.78 is 31.7. The third-order valence-corrected chi connectivity index (χ3v) is 3.58. The van der Waals surface area contributed by atoms with E-state index < -0.39 is 27.0 Å². The van der Waals surface area contributed by atoms with Gasteiger partial charge < -0.3 is 11.6 Å². The smallest absolute Gasteiger partial charge is 1.00 e. The fourth-order valence-electron chi connectivity index (χ4n) is 1.80. The van der Waals surface area contributed by atoms with Gasteiger partial charge in [0, 0.05) is 5.39 Å². The van der Waals surface area contributed by atoms with Crippen molar-refractivity contribution in [1.82, 2.24) is 0 Å². The van der Waals surface area contributed by atoms with E-state index in [0.29, 0.717) is 0 Å². The van der Waals surface area contributed by atoms with Gasteiger partial charge in [-0.3, -0.25) is 4.55 Å². The van der Waals surface area contributed by atoms with Gasteiger partial charge in [-0.2, -0.15) is 8.42 Å². The third-order valence-electron chi connectivity index (χ3n) is 2.69. The first-order chi connectivity index (χ1) is 9.20. The van der Waals surface area contributed by atoms with E-state index in [0.717, 1.165) is 18.2 Å². The van der Waals surface area contributed by atoms with E-state index in [4.69, 9.17) is 14.8 Å². The largest absolute Gasteiger partial charge is 1.00 e. The molecule has 0 radical (unpaired) electrons. The molecule has 0 aliphatic carbocycles. The van der Waals surface area contributed by atoms with Gasteiger partial charge in [-0.15, -0.1) is 0 Å². The summed E-state index contributed by atoms with van der Waals surface area (Å²) in [5.74, 6) is -2.63. The van der Waals surface area contributed by atoms with Gasteiger partial charge in [-0.05, 0) is 29.7 Å². The molecule has 0 spiro atoms. The van der Waals surface area contributed by atoms with Crippen LogP contribution < -0.4 is 29.6 Å². The second kappa shape index (κ2) is 6.12. The molecular formula is C12H9NaO7S. The van der Waals surface area contributed by atoms with Gasteiger partial charge in [-0.25, -0.2) is 9.59 Å². The molecule has 2 rings (SSSR count). The van der Waals surface area contributed by atoms with Crippen LogP contribution in [0.2, 0.25) is 0 Å². The van der Waals surface area contributed by atoms with Crippen LogP contribution in [-0.4, -0.2) is 35.1 Å². The monoisotopic (exact) mass is 320 g/mol. The van der Waals surface area contributed by atoms with Crippen molar-refractivity contribution in [2.45, 2.75) is 4.90 Å². The Balaban J connectivity index is 0.00000220. The van der Waals surface area contributed by atoms with Gasteiger partial charge in [0.1, 0.15) is 4.90 Å². The Hall–Kier alpha value is -1.45. The number of aromatic carboxylic acids is 2. The second-order valence-corrected chi connectivity index (χ2v) is 5.39. The van der Waals surface area contributed by atoms with Gasteiger partial charge in [0.2, 0.25) is 0 Å². The predicted octanol–water partition coefficient (Wildman–Crippen LogP) is -1.40. The molecule has 7 nitrogen and oxygen atoms in total. The predicted molar refractivity (Wildman–Crippen MR) is 68.8 cm³/mol. The average molecular weight is 320 g/mol. The molecule has 0 saturated carbocycles. The number of carboxylic acids is 2. The molecule has 0 atom stereocenters. The van der Waals surface area contributed by atoms with Crippen LogP contribution in [0.5, 0.6) is 0 Å². The third kappa shape index (κ3) is 3.60. The SMILES string of the molecule is O=C(O)c1ccc2c(S(=O)(=O)O)cc(C(=O)O)cc2c1.[H-].[Na+]. The molecule has 0 amide bonds. The first kappa shape index (κ1) is 17.6. The number of carboxylic acid groups (broad SMARTS) is 2. The van der Waals surface area contributed by atoms with Crippen LogP contribution in [0.4, 0.5) is 0 Å². The summed E-state index contributed by atoms with van der Waals surface area (Å²) in [4.78, 5) is 21.2. The van der Waals surface area contributed by atoms with Crippen LogP contribution >= 0.6 is 0 Å². The molecule has 0 heterocycles. The van der Waals surface area contributed by atoms with Crippen molar-refractivity contribution in [2.24, 2.45) is 0 Å². The van der Waals surface area contributed by atoms with Crippen LogP contribution in [0.15, 0.2) is 35.2 Å².